The van der Waals surface area contributed by atoms with Crippen LogP contribution in [0.5, 0.6) is 0 Å². The van der Waals surface area contributed by atoms with Crippen molar-refractivity contribution in [2.45, 2.75) is 387 Å². The van der Waals surface area contributed by atoms with Crippen LogP contribution in [-0.4, -0.2) is 96.7 Å². The van der Waals surface area contributed by atoms with Gasteiger partial charge in [-0.1, -0.05) is 318 Å². The Hall–Kier alpha value is -1.94. The van der Waals surface area contributed by atoms with Crippen LogP contribution >= 0.6 is 15.6 Å². The normalized spacial score (nSPS) is 14.1. The Labute approximate surface area is 556 Å². The minimum Gasteiger partial charge on any atom is -0.462 e. The molecule has 0 spiro atoms. The van der Waals surface area contributed by atoms with E-state index in [1.54, 1.807) is 0 Å². The Balaban J connectivity index is 5.18. The van der Waals surface area contributed by atoms with Crippen LogP contribution in [0.4, 0.5) is 0 Å². The van der Waals surface area contributed by atoms with Gasteiger partial charge in [-0.05, 0) is 37.5 Å². The Bertz CT molecular complexity index is 1770. The third kappa shape index (κ3) is 66.5. The molecule has 0 saturated heterocycles. The molecule has 0 aliphatic rings. The van der Waals surface area contributed by atoms with E-state index in [0.717, 1.165) is 96.3 Å². The summed E-state index contributed by atoms with van der Waals surface area (Å²) >= 11 is 0. The summed E-state index contributed by atoms with van der Waals surface area (Å²) in [6.45, 7) is 9.41. The summed E-state index contributed by atoms with van der Waals surface area (Å²) in [6, 6.07) is 0. The van der Waals surface area contributed by atoms with Crippen LogP contribution in [0.1, 0.15) is 369 Å². The lowest BCUT2D eigenvalue weighted by Crippen LogP contribution is -2.30. The van der Waals surface area contributed by atoms with Crippen LogP contribution in [0.25, 0.3) is 0 Å². The van der Waals surface area contributed by atoms with Gasteiger partial charge in [0.05, 0.1) is 26.4 Å². The number of rotatable bonds is 71. The maximum Gasteiger partial charge on any atom is 0.472 e. The minimum atomic E-state index is -4.95. The predicted octanol–water partition coefficient (Wildman–Crippen LogP) is 20.8. The van der Waals surface area contributed by atoms with Crippen molar-refractivity contribution in [3.8, 4) is 0 Å². The van der Waals surface area contributed by atoms with Gasteiger partial charge in [0, 0.05) is 25.7 Å². The van der Waals surface area contributed by atoms with Gasteiger partial charge in [0.15, 0.2) is 12.2 Å². The number of esters is 4. The Morgan fingerprint density at radius 3 is 0.747 bits per heavy atom. The lowest BCUT2D eigenvalue weighted by Gasteiger charge is -2.21. The number of phosphoric acid groups is 2. The molecule has 0 rings (SSSR count). The number of carbonyl (C=O) groups excluding carboxylic acids is 4. The highest BCUT2D eigenvalue weighted by molar-refractivity contribution is 7.47. The lowest BCUT2D eigenvalue weighted by atomic mass is 10.0. The number of carbonyl (C=O) groups is 4. The number of hydrogen-bond acceptors (Lipinski definition) is 15. The molecule has 91 heavy (non-hydrogen) atoms. The fourth-order valence-electron chi connectivity index (χ4n) is 10.9. The molecule has 0 radical (unpaired) electrons. The molecule has 0 aromatic carbocycles. The number of ether oxygens (including phenoxy) is 4. The number of aliphatic hydroxyl groups is 1. The van der Waals surface area contributed by atoms with Crippen molar-refractivity contribution in [2.75, 3.05) is 39.6 Å². The van der Waals surface area contributed by atoms with Gasteiger partial charge in [0.25, 0.3) is 0 Å². The Kier molecular flexibility index (Phi) is 62.7. The van der Waals surface area contributed by atoms with Crippen molar-refractivity contribution in [3.05, 3.63) is 0 Å². The molecule has 0 amide bonds. The van der Waals surface area contributed by atoms with E-state index in [4.69, 9.17) is 37.0 Å². The fraction of sp³-hybridized carbons (Fsp3) is 0.944. The maximum atomic E-state index is 13.0. The van der Waals surface area contributed by atoms with Crippen molar-refractivity contribution < 1.29 is 80.2 Å². The topological polar surface area (TPSA) is 237 Å². The van der Waals surface area contributed by atoms with Gasteiger partial charge in [-0.15, -0.1) is 0 Å². The van der Waals surface area contributed by atoms with E-state index in [1.807, 2.05) is 0 Å². The SMILES string of the molecule is CCCCCCCCCCCCCCCCCCCCCCC(=O)O[C@H](COC(=O)CCCCCCCCCCCCCC)COP(=O)(O)OC[C@@H](O)COP(=O)(O)OC[C@@H](COC(=O)CCCCCCCCC(C)C)OC(=O)CCCCCCCCCC(C)C. The van der Waals surface area contributed by atoms with E-state index in [-0.39, 0.29) is 25.7 Å². The molecular weight excluding hydrogens is 1200 g/mol. The summed E-state index contributed by atoms with van der Waals surface area (Å²) in [5, 5.41) is 10.6. The van der Waals surface area contributed by atoms with E-state index < -0.39 is 97.5 Å². The Morgan fingerprint density at radius 1 is 0.297 bits per heavy atom. The van der Waals surface area contributed by atoms with Crippen molar-refractivity contribution >= 4 is 39.5 Å². The summed E-state index contributed by atoms with van der Waals surface area (Å²) in [5.74, 6) is -0.751. The highest BCUT2D eigenvalue weighted by atomic mass is 31.2. The number of unbranched alkanes of at least 4 members (excludes halogenated alkanes) is 41. The second-order valence-corrected chi connectivity index (χ2v) is 29.8. The molecule has 3 N–H and O–H groups in total. The van der Waals surface area contributed by atoms with Crippen LogP contribution in [0.2, 0.25) is 0 Å². The van der Waals surface area contributed by atoms with Gasteiger partial charge in [0.2, 0.25) is 0 Å². The summed E-state index contributed by atoms with van der Waals surface area (Å²) in [6.07, 6.45) is 50.3. The monoisotopic (exact) mass is 1340 g/mol. The van der Waals surface area contributed by atoms with Crippen LogP contribution in [0.3, 0.4) is 0 Å². The molecular formula is C72H140O17P2. The van der Waals surface area contributed by atoms with Gasteiger partial charge < -0.3 is 33.8 Å². The third-order valence-electron chi connectivity index (χ3n) is 16.7. The smallest absolute Gasteiger partial charge is 0.462 e. The van der Waals surface area contributed by atoms with Gasteiger partial charge >= 0.3 is 39.5 Å². The largest absolute Gasteiger partial charge is 0.472 e. The van der Waals surface area contributed by atoms with Crippen LogP contribution in [-0.2, 0) is 65.4 Å². The van der Waals surface area contributed by atoms with E-state index in [2.05, 4.69) is 41.5 Å². The fourth-order valence-corrected chi connectivity index (χ4v) is 12.5. The second-order valence-electron chi connectivity index (χ2n) is 26.9. The number of aliphatic hydroxyl groups excluding tert-OH is 1. The molecule has 0 aliphatic carbocycles. The summed E-state index contributed by atoms with van der Waals surface area (Å²) in [4.78, 5) is 72.5. The first-order valence-corrected chi connectivity index (χ1v) is 40.5. The molecule has 0 bridgehead atoms. The second kappa shape index (κ2) is 64.1. The highest BCUT2D eigenvalue weighted by Crippen LogP contribution is 2.45. The standard InChI is InChI=1S/C72H140O17P2/c1-7-9-11-13-15-17-19-21-22-23-24-25-26-27-28-30-32-36-44-50-56-71(76)88-67(60-82-69(74)54-48-42-35-31-29-20-18-16-14-12-10-8-2)62-86-90(78,79)84-58-66(73)59-85-91(80,81)87-63-68(61-83-70(75)55-49-43-39-38-41-47-53-65(5)6)89-72(77)57-51-45-37-33-34-40-46-52-64(3)4/h64-68,73H,7-63H2,1-6H3,(H,78,79)(H,80,81)/t66-,67-,68-/m1/s1. The van der Waals surface area contributed by atoms with E-state index in [9.17, 15) is 43.2 Å². The predicted molar refractivity (Wildman–Crippen MR) is 368 cm³/mol. The average molecular weight is 1340 g/mol. The first kappa shape index (κ1) is 89.1. The van der Waals surface area contributed by atoms with Crippen molar-refractivity contribution in [1.82, 2.24) is 0 Å². The zero-order valence-electron chi connectivity index (χ0n) is 59.1. The highest BCUT2D eigenvalue weighted by Gasteiger charge is 2.30. The molecule has 0 saturated carbocycles. The number of phosphoric ester groups is 2. The van der Waals surface area contributed by atoms with Crippen molar-refractivity contribution in [2.24, 2.45) is 11.8 Å². The molecule has 0 aromatic heterocycles. The van der Waals surface area contributed by atoms with E-state index >= 15 is 0 Å². The average Bonchev–Trinajstić information content (AvgIpc) is 3.66. The first-order valence-electron chi connectivity index (χ1n) is 37.5. The molecule has 2 unspecified atom stereocenters. The van der Waals surface area contributed by atoms with Gasteiger partial charge in [0.1, 0.15) is 19.3 Å². The number of hydrogen-bond donors (Lipinski definition) is 3. The van der Waals surface area contributed by atoms with Gasteiger partial charge in [-0.25, -0.2) is 9.13 Å². The van der Waals surface area contributed by atoms with Crippen molar-refractivity contribution in [3.63, 3.8) is 0 Å². The summed E-state index contributed by atoms with van der Waals surface area (Å²) < 4.78 is 68.3. The quantitative estimate of drug-likeness (QED) is 0.0222. The molecule has 0 aliphatic heterocycles. The lowest BCUT2D eigenvalue weighted by molar-refractivity contribution is -0.161. The summed E-state index contributed by atoms with van der Waals surface area (Å²) in [7, 11) is -9.90. The Morgan fingerprint density at radius 2 is 0.505 bits per heavy atom. The van der Waals surface area contributed by atoms with Crippen molar-refractivity contribution in [1.29, 1.82) is 0 Å². The van der Waals surface area contributed by atoms with Crippen LogP contribution in [0.15, 0.2) is 0 Å². The molecule has 19 heteroatoms. The van der Waals surface area contributed by atoms with Crippen LogP contribution in [0, 0.1) is 11.8 Å². The van der Waals surface area contributed by atoms with Gasteiger partial charge in [-0.3, -0.25) is 37.3 Å². The molecule has 540 valence electrons. The van der Waals surface area contributed by atoms with E-state index in [1.165, 1.54) is 180 Å². The maximum absolute atomic E-state index is 13.0. The first-order chi connectivity index (χ1) is 43.9. The zero-order valence-corrected chi connectivity index (χ0v) is 60.9. The molecule has 0 fully saturated rings. The minimum absolute atomic E-state index is 0.103. The molecule has 5 atom stereocenters. The molecule has 0 aromatic rings. The van der Waals surface area contributed by atoms with Crippen LogP contribution < -0.4 is 0 Å². The molecule has 17 nitrogen and oxygen atoms in total. The molecule has 0 heterocycles. The van der Waals surface area contributed by atoms with Gasteiger partial charge in [-0.2, -0.15) is 0 Å². The summed E-state index contributed by atoms with van der Waals surface area (Å²) in [5.41, 5.74) is 0. The zero-order chi connectivity index (χ0) is 67.2. The van der Waals surface area contributed by atoms with E-state index in [0.29, 0.717) is 37.5 Å². The third-order valence-corrected chi connectivity index (χ3v) is 18.6.